The van der Waals surface area contributed by atoms with Crippen molar-refractivity contribution in [3.63, 3.8) is 0 Å². The van der Waals surface area contributed by atoms with Crippen molar-refractivity contribution >= 4 is 40.4 Å². The Hall–Kier alpha value is -2.86. The maximum absolute atomic E-state index is 6.16. The van der Waals surface area contributed by atoms with Crippen LogP contribution in [0.3, 0.4) is 0 Å². The lowest BCUT2D eigenvalue weighted by atomic mass is 10.2. The van der Waals surface area contributed by atoms with Gasteiger partial charge in [0.2, 0.25) is 0 Å². The van der Waals surface area contributed by atoms with Gasteiger partial charge in [-0.1, -0.05) is 23.7 Å². The number of benzene rings is 1. The van der Waals surface area contributed by atoms with E-state index in [4.69, 9.17) is 17.3 Å². The molecule has 0 aliphatic heterocycles. The molecule has 0 spiro atoms. The molecule has 3 rings (SSSR count). The molecule has 0 unspecified atom stereocenters. The normalized spacial score (nSPS) is 10.3. The lowest BCUT2D eigenvalue weighted by Gasteiger charge is -2.13. The second kappa shape index (κ2) is 6.50. The van der Waals surface area contributed by atoms with E-state index in [0.29, 0.717) is 28.2 Å². The molecule has 2 heterocycles. The van der Waals surface area contributed by atoms with Crippen LogP contribution in [0, 0.1) is 6.92 Å². The molecule has 0 fully saturated rings. The molecule has 0 aliphatic carbocycles. The minimum atomic E-state index is 0.400. The van der Waals surface area contributed by atoms with Crippen molar-refractivity contribution in [1.29, 1.82) is 0 Å². The Kier molecular flexibility index (Phi) is 4.25. The fourth-order valence-corrected chi connectivity index (χ4v) is 2.18. The van der Waals surface area contributed by atoms with Gasteiger partial charge in [-0.15, -0.1) is 0 Å². The van der Waals surface area contributed by atoms with E-state index in [2.05, 4.69) is 25.6 Å². The summed E-state index contributed by atoms with van der Waals surface area (Å²) in [4.78, 5) is 12.5. The van der Waals surface area contributed by atoms with E-state index < -0.39 is 0 Å². The summed E-state index contributed by atoms with van der Waals surface area (Å²) >= 11 is 6.04. The van der Waals surface area contributed by atoms with Crippen LogP contribution in [0.5, 0.6) is 0 Å². The molecule has 0 bridgehead atoms. The zero-order valence-corrected chi connectivity index (χ0v) is 13.2. The van der Waals surface area contributed by atoms with Gasteiger partial charge in [0.05, 0.1) is 0 Å². The van der Waals surface area contributed by atoms with E-state index in [-0.39, 0.29) is 0 Å². The third-order valence-electron chi connectivity index (χ3n) is 3.25. The predicted octanol–water partition coefficient (Wildman–Crippen LogP) is 3.90. The molecule has 6 nitrogen and oxygen atoms in total. The fourth-order valence-electron chi connectivity index (χ4n) is 2.01. The molecule has 0 aliphatic rings. The number of pyridine rings is 1. The van der Waals surface area contributed by atoms with Gasteiger partial charge in [-0.25, -0.2) is 15.0 Å². The van der Waals surface area contributed by atoms with Crippen molar-refractivity contribution in [3.8, 4) is 0 Å². The second-order valence-electron chi connectivity index (χ2n) is 4.91. The first-order chi connectivity index (χ1) is 11.1. The minimum Gasteiger partial charge on any atom is -0.393 e. The molecule has 23 heavy (non-hydrogen) atoms. The van der Waals surface area contributed by atoms with Crippen LogP contribution in [0.25, 0.3) is 0 Å². The van der Waals surface area contributed by atoms with Gasteiger partial charge in [0.25, 0.3) is 0 Å². The van der Waals surface area contributed by atoms with Crippen LogP contribution in [-0.4, -0.2) is 15.0 Å². The molecule has 0 radical (unpaired) electrons. The molecular formula is C16H15ClN6. The lowest BCUT2D eigenvalue weighted by molar-refractivity contribution is 1.16. The van der Waals surface area contributed by atoms with Crippen LogP contribution >= 0.6 is 11.6 Å². The van der Waals surface area contributed by atoms with Gasteiger partial charge in [0.15, 0.2) is 11.6 Å². The first-order valence-electron chi connectivity index (χ1n) is 6.95. The highest BCUT2D eigenvalue weighted by molar-refractivity contribution is 6.30. The maximum Gasteiger partial charge on any atom is 0.160 e. The summed E-state index contributed by atoms with van der Waals surface area (Å²) in [6.45, 7) is 1.98. The average molecular weight is 327 g/mol. The van der Waals surface area contributed by atoms with E-state index >= 15 is 0 Å². The summed E-state index contributed by atoms with van der Waals surface area (Å²) in [7, 11) is 0. The Bertz CT molecular complexity index is 822. The van der Waals surface area contributed by atoms with Crippen LogP contribution in [0.2, 0.25) is 5.02 Å². The number of hydrogen-bond acceptors (Lipinski definition) is 6. The molecule has 4 N–H and O–H groups in total. The van der Waals surface area contributed by atoms with Gasteiger partial charge >= 0.3 is 0 Å². The smallest absolute Gasteiger partial charge is 0.160 e. The molecule has 3 aromatic rings. The summed E-state index contributed by atoms with van der Waals surface area (Å²) < 4.78 is 0. The van der Waals surface area contributed by atoms with Gasteiger partial charge < -0.3 is 16.4 Å². The number of nitrogen functional groups attached to an aromatic ring is 1. The number of rotatable bonds is 4. The van der Waals surface area contributed by atoms with Crippen LogP contribution in [-0.2, 0) is 0 Å². The third-order valence-corrected chi connectivity index (χ3v) is 3.48. The predicted molar refractivity (Wildman–Crippen MR) is 93.4 cm³/mol. The van der Waals surface area contributed by atoms with Crippen molar-refractivity contribution in [1.82, 2.24) is 15.0 Å². The van der Waals surface area contributed by atoms with Gasteiger partial charge in [-0.05, 0) is 36.8 Å². The minimum absolute atomic E-state index is 0.400. The van der Waals surface area contributed by atoms with E-state index in [1.165, 1.54) is 6.33 Å². The van der Waals surface area contributed by atoms with Crippen LogP contribution in [0.4, 0.5) is 28.8 Å². The first kappa shape index (κ1) is 15.1. The summed E-state index contributed by atoms with van der Waals surface area (Å²) in [5.41, 5.74) is 8.43. The first-order valence-corrected chi connectivity index (χ1v) is 7.33. The van der Waals surface area contributed by atoms with Crippen LogP contribution in [0.1, 0.15) is 5.56 Å². The summed E-state index contributed by atoms with van der Waals surface area (Å²) in [5.74, 6) is 1.65. The van der Waals surface area contributed by atoms with Gasteiger partial charge in [-0.2, -0.15) is 0 Å². The van der Waals surface area contributed by atoms with Gasteiger partial charge in [0, 0.05) is 16.9 Å². The maximum atomic E-state index is 6.16. The number of nitrogens with two attached hydrogens (primary N) is 1. The number of nitrogens with one attached hydrogen (secondary N) is 2. The number of halogens is 1. The number of hydrogen-bond donors (Lipinski definition) is 3. The van der Waals surface area contributed by atoms with Crippen molar-refractivity contribution in [2.24, 2.45) is 0 Å². The van der Waals surface area contributed by atoms with Crippen molar-refractivity contribution in [2.45, 2.75) is 6.92 Å². The Labute approximate surface area is 138 Å². The third kappa shape index (κ3) is 3.49. The van der Waals surface area contributed by atoms with Crippen LogP contribution in [0.15, 0.2) is 48.9 Å². The fraction of sp³-hybridized carbons (Fsp3) is 0.0625. The number of nitrogens with zero attached hydrogens (tertiary/aromatic N) is 3. The van der Waals surface area contributed by atoms with Crippen molar-refractivity contribution < 1.29 is 0 Å². The quantitative estimate of drug-likeness (QED) is 0.673. The standard InChI is InChI=1S/C16H15ClN6/c1-10-5-6-11(17)8-12(10)22-15-14(18)16(21-9-20-15)23-13-4-2-3-7-19-13/h2-9H,18H2,1H3,(H2,19,20,21,22,23). The molecule has 7 heteroatoms. The zero-order chi connectivity index (χ0) is 16.2. The molecule has 116 valence electrons. The Morgan fingerprint density at radius 1 is 1.00 bits per heavy atom. The molecule has 0 saturated carbocycles. The Balaban J connectivity index is 1.89. The summed E-state index contributed by atoms with van der Waals surface area (Å²) in [6, 6.07) is 11.1. The van der Waals surface area contributed by atoms with Crippen molar-refractivity contribution in [2.75, 3.05) is 16.4 Å². The van der Waals surface area contributed by atoms with Crippen LogP contribution < -0.4 is 16.4 Å². The highest BCUT2D eigenvalue weighted by atomic mass is 35.5. The lowest BCUT2D eigenvalue weighted by Crippen LogP contribution is -2.06. The topological polar surface area (TPSA) is 88.8 Å². The largest absolute Gasteiger partial charge is 0.393 e. The van der Waals surface area contributed by atoms with E-state index in [1.54, 1.807) is 6.20 Å². The number of aryl methyl sites for hydroxylation is 1. The van der Waals surface area contributed by atoms with Crippen molar-refractivity contribution in [3.05, 3.63) is 59.5 Å². The Morgan fingerprint density at radius 2 is 1.78 bits per heavy atom. The molecule has 0 saturated heterocycles. The van der Waals surface area contributed by atoms with E-state index in [9.17, 15) is 0 Å². The highest BCUT2D eigenvalue weighted by Crippen LogP contribution is 2.29. The monoisotopic (exact) mass is 326 g/mol. The van der Waals surface area contributed by atoms with E-state index in [0.717, 1.165) is 11.3 Å². The molecule has 1 aromatic carbocycles. The SMILES string of the molecule is Cc1ccc(Cl)cc1Nc1ncnc(Nc2ccccn2)c1N. The highest BCUT2D eigenvalue weighted by Gasteiger charge is 2.10. The zero-order valence-electron chi connectivity index (χ0n) is 12.4. The molecule has 0 atom stereocenters. The molecule has 0 amide bonds. The summed E-state index contributed by atoms with van der Waals surface area (Å²) in [5, 5.41) is 6.89. The molecular weight excluding hydrogens is 312 g/mol. The second-order valence-corrected chi connectivity index (χ2v) is 5.35. The van der Waals surface area contributed by atoms with E-state index in [1.807, 2.05) is 43.3 Å². The Morgan fingerprint density at radius 3 is 2.52 bits per heavy atom. The van der Waals surface area contributed by atoms with Gasteiger partial charge in [-0.3, -0.25) is 0 Å². The molecule has 2 aromatic heterocycles. The summed E-state index contributed by atoms with van der Waals surface area (Å²) in [6.07, 6.45) is 3.12. The number of aromatic nitrogens is 3. The number of anilines is 5. The van der Waals surface area contributed by atoms with Gasteiger partial charge in [0.1, 0.15) is 17.8 Å². The average Bonchev–Trinajstić information content (AvgIpc) is 2.55.